The maximum absolute atomic E-state index is 11.4. The summed E-state index contributed by atoms with van der Waals surface area (Å²) >= 11 is 0. The van der Waals surface area contributed by atoms with Crippen LogP contribution in [-0.2, 0) is 16.0 Å². The van der Waals surface area contributed by atoms with Crippen molar-refractivity contribution < 1.29 is 19.4 Å². The second-order valence-electron chi connectivity index (χ2n) is 7.96. The number of carbonyl (C=O) groups is 1. The average Bonchev–Trinajstić information content (AvgIpc) is 2.67. The van der Waals surface area contributed by atoms with Crippen molar-refractivity contribution in [3.63, 3.8) is 0 Å². The van der Waals surface area contributed by atoms with E-state index in [1.165, 1.54) is 25.0 Å². The van der Waals surface area contributed by atoms with Gasteiger partial charge < -0.3 is 14.6 Å². The molecule has 1 N–H and O–H groups in total. The summed E-state index contributed by atoms with van der Waals surface area (Å²) in [6, 6.07) is 3.84. The Labute approximate surface area is 174 Å². The van der Waals surface area contributed by atoms with Gasteiger partial charge in [-0.3, -0.25) is 0 Å². The lowest BCUT2D eigenvalue weighted by Crippen LogP contribution is -2.17. The number of carbonyl (C=O) groups excluding carboxylic acids is 1. The first-order valence-corrected chi connectivity index (χ1v) is 10.5. The molecule has 2 atom stereocenters. The molecule has 0 aromatic heterocycles. The molecule has 0 saturated carbocycles. The molecule has 0 saturated heterocycles. The first-order chi connectivity index (χ1) is 13.9. The minimum Gasteiger partial charge on any atom is -0.507 e. The summed E-state index contributed by atoms with van der Waals surface area (Å²) in [5.41, 5.74) is 4.19. The Morgan fingerprint density at radius 3 is 2.76 bits per heavy atom. The van der Waals surface area contributed by atoms with E-state index in [9.17, 15) is 9.90 Å². The number of aryl methyl sites for hydroxylation is 1. The Balaban J connectivity index is 2.47. The fourth-order valence-electron chi connectivity index (χ4n) is 3.96. The molecule has 4 heteroatoms. The van der Waals surface area contributed by atoms with E-state index < -0.39 is 5.97 Å². The van der Waals surface area contributed by atoms with Crippen LogP contribution in [0.15, 0.2) is 48.3 Å². The molecular weight excluding hydrogens is 364 g/mol. The fourth-order valence-corrected chi connectivity index (χ4v) is 3.96. The molecule has 1 aliphatic rings. The van der Waals surface area contributed by atoms with Gasteiger partial charge in [-0.05, 0) is 63.1 Å². The number of rotatable bonds is 9. The highest BCUT2D eigenvalue weighted by atomic mass is 16.5. The zero-order valence-corrected chi connectivity index (χ0v) is 18.2. The van der Waals surface area contributed by atoms with E-state index in [0.717, 1.165) is 55.2 Å². The van der Waals surface area contributed by atoms with Gasteiger partial charge in [-0.25, -0.2) is 4.79 Å². The van der Waals surface area contributed by atoms with Gasteiger partial charge >= 0.3 is 5.97 Å². The number of esters is 1. The van der Waals surface area contributed by atoms with Crippen LogP contribution in [0.1, 0.15) is 69.9 Å². The summed E-state index contributed by atoms with van der Waals surface area (Å²) in [5.74, 6) is 0.569. The number of aromatic hydroxyl groups is 1. The minimum atomic E-state index is -0.483. The number of unbranched alkanes of at least 4 members (excludes halogenated alkanes) is 2. The lowest BCUT2D eigenvalue weighted by molar-refractivity contribution is -0.134. The molecule has 0 fully saturated rings. The van der Waals surface area contributed by atoms with Crippen LogP contribution in [0.25, 0.3) is 0 Å². The van der Waals surface area contributed by atoms with Crippen molar-refractivity contribution in [2.75, 3.05) is 7.11 Å². The molecule has 2 rings (SSSR count). The number of phenolic OH excluding ortho intramolecular Hbond substituents is 1. The number of allylic oxidation sites excluding steroid dienone is 3. The van der Waals surface area contributed by atoms with Crippen molar-refractivity contribution in [2.45, 2.75) is 65.2 Å². The lowest BCUT2D eigenvalue weighted by atomic mass is 9.73. The Morgan fingerprint density at radius 1 is 1.34 bits per heavy atom. The van der Waals surface area contributed by atoms with E-state index >= 15 is 0 Å². The Morgan fingerprint density at radius 2 is 2.10 bits per heavy atom. The second kappa shape index (κ2) is 10.9. The SMILES string of the molecule is C=C(C)[C@@H]1CCC(C)=C[C@H]1c1c(O)cc(CCCCC)cc1O/C=C/C(=O)OC. The van der Waals surface area contributed by atoms with E-state index in [1.54, 1.807) is 0 Å². The van der Waals surface area contributed by atoms with E-state index in [-0.39, 0.29) is 17.6 Å². The first kappa shape index (κ1) is 22.8. The normalized spacial score (nSPS) is 19.1. The van der Waals surface area contributed by atoms with Crippen molar-refractivity contribution in [1.82, 2.24) is 0 Å². The van der Waals surface area contributed by atoms with Crippen molar-refractivity contribution >= 4 is 5.97 Å². The molecule has 1 aliphatic carbocycles. The Hall–Kier alpha value is -2.49. The summed E-state index contributed by atoms with van der Waals surface area (Å²) in [5, 5.41) is 11.0. The van der Waals surface area contributed by atoms with Crippen LogP contribution in [0.5, 0.6) is 11.5 Å². The number of ether oxygens (including phenoxy) is 2. The standard InChI is InChI=1S/C25H34O4/c1-6-7-8-9-19-15-22(26)25(23(16-19)29-13-12-24(27)28-5)21-14-18(4)10-11-20(21)17(2)3/h12-16,20-21,26H,2,6-11H2,1,3-5H3/b13-12+/t20-,21+/m0/s1. The maximum Gasteiger partial charge on any atom is 0.333 e. The highest BCUT2D eigenvalue weighted by Gasteiger charge is 2.30. The Kier molecular flexibility index (Phi) is 8.56. The third kappa shape index (κ3) is 6.25. The number of phenols is 1. The number of hydrogen-bond donors (Lipinski definition) is 1. The molecule has 29 heavy (non-hydrogen) atoms. The zero-order valence-electron chi connectivity index (χ0n) is 18.2. The van der Waals surface area contributed by atoms with Crippen LogP contribution >= 0.6 is 0 Å². The highest BCUT2D eigenvalue weighted by Crippen LogP contribution is 2.47. The summed E-state index contributed by atoms with van der Waals surface area (Å²) in [6.07, 6.45) is 11.0. The topological polar surface area (TPSA) is 55.8 Å². The largest absolute Gasteiger partial charge is 0.507 e. The van der Waals surface area contributed by atoms with Gasteiger partial charge in [0.05, 0.1) is 19.4 Å². The van der Waals surface area contributed by atoms with E-state index in [4.69, 9.17) is 4.74 Å². The van der Waals surface area contributed by atoms with Gasteiger partial charge in [0.25, 0.3) is 0 Å². The lowest BCUT2D eigenvalue weighted by Gasteiger charge is -2.32. The quantitative estimate of drug-likeness (QED) is 0.177. The fraction of sp³-hybridized carbons (Fsp3) is 0.480. The summed E-state index contributed by atoms with van der Waals surface area (Å²) in [7, 11) is 1.32. The van der Waals surface area contributed by atoms with Gasteiger partial charge in [-0.1, -0.05) is 43.6 Å². The van der Waals surface area contributed by atoms with E-state index in [0.29, 0.717) is 5.75 Å². The van der Waals surface area contributed by atoms with Crippen LogP contribution in [0.4, 0.5) is 0 Å². The molecular formula is C25H34O4. The van der Waals surface area contributed by atoms with Crippen LogP contribution in [0, 0.1) is 5.92 Å². The van der Waals surface area contributed by atoms with Crippen molar-refractivity contribution in [3.05, 3.63) is 59.4 Å². The van der Waals surface area contributed by atoms with Crippen molar-refractivity contribution in [3.8, 4) is 11.5 Å². The van der Waals surface area contributed by atoms with E-state index in [1.807, 2.05) is 19.1 Å². The predicted octanol–water partition coefficient (Wildman–Crippen LogP) is 6.21. The molecule has 0 spiro atoms. The van der Waals surface area contributed by atoms with Crippen molar-refractivity contribution in [2.24, 2.45) is 5.92 Å². The number of benzene rings is 1. The summed E-state index contributed by atoms with van der Waals surface area (Å²) in [6.45, 7) is 10.5. The molecule has 1 aromatic rings. The molecule has 0 heterocycles. The third-order valence-electron chi connectivity index (χ3n) is 5.56. The monoisotopic (exact) mass is 398 g/mol. The molecule has 0 bridgehead atoms. The number of methoxy groups -OCH3 is 1. The third-order valence-corrected chi connectivity index (χ3v) is 5.56. The molecule has 4 nitrogen and oxygen atoms in total. The van der Waals surface area contributed by atoms with Crippen LogP contribution in [0.2, 0.25) is 0 Å². The zero-order chi connectivity index (χ0) is 21.4. The van der Waals surface area contributed by atoms with Crippen LogP contribution in [-0.4, -0.2) is 18.2 Å². The van der Waals surface area contributed by atoms with Gasteiger partial charge in [0.2, 0.25) is 0 Å². The average molecular weight is 399 g/mol. The summed E-state index contributed by atoms with van der Waals surface area (Å²) in [4.78, 5) is 11.4. The molecule has 0 aliphatic heterocycles. The Bertz CT molecular complexity index is 788. The summed E-state index contributed by atoms with van der Waals surface area (Å²) < 4.78 is 10.5. The predicted molar refractivity (Wildman–Crippen MR) is 117 cm³/mol. The highest BCUT2D eigenvalue weighted by molar-refractivity contribution is 5.81. The second-order valence-corrected chi connectivity index (χ2v) is 7.96. The molecule has 1 aromatic carbocycles. The van der Waals surface area contributed by atoms with Gasteiger partial charge in [0.15, 0.2) is 0 Å². The molecule has 158 valence electrons. The molecule has 0 radical (unpaired) electrons. The molecule has 0 amide bonds. The van der Waals surface area contributed by atoms with Crippen molar-refractivity contribution in [1.29, 1.82) is 0 Å². The molecule has 0 unspecified atom stereocenters. The van der Waals surface area contributed by atoms with Gasteiger partial charge in [-0.2, -0.15) is 0 Å². The van der Waals surface area contributed by atoms with E-state index in [2.05, 4.69) is 31.2 Å². The van der Waals surface area contributed by atoms with Crippen LogP contribution < -0.4 is 4.74 Å². The first-order valence-electron chi connectivity index (χ1n) is 10.5. The van der Waals surface area contributed by atoms with Crippen LogP contribution in [0.3, 0.4) is 0 Å². The smallest absolute Gasteiger partial charge is 0.333 e. The minimum absolute atomic E-state index is 0.00697. The van der Waals surface area contributed by atoms with Gasteiger partial charge in [0.1, 0.15) is 11.5 Å². The number of hydrogen-bond acceptors (Lipinski definition) is 4. The van der Waals surface area contributed by atoms with Gasteiger partial charge in [-0.15, -0.1) is 0 Å². The maximum atomic E-state index is 11.4. The van der Waals surface area contributed by atoms with Gasteiger partial charge in [0, 0.05) is 11.5 Å².